The summed E-state index contributed by atoms with van der Waals surface area (Å²) in [7, 11) is 0. The average Bonchev–Trinajstić information content (AvgIpc) is 3.03. The van der Waals surface area contributed by atoms with Gasteiger partial charge in [-0.3, -0.25) is 15.0 Å². The number of carbonyl (C=O) groups excluding carboxylic acids is 3. The normalized spacial score (nSPS) is 26.5. The molecule has 22 heavy (non-hydrogen) atoms. The van der Waals surface area contributed by atoms with E-state index in [-0.39, 0.29) is 0 Å². The second-order valence-corrected chi connectivity index (χ2v) is 5.65. The van der Waals surface area contributed by atoms with Gasteiger partial charge in [0.25, 0.3) is 11.8 Å². The Morgan fingerprint density at radius 1 is 1.45 bits per heavy atom. The van der Waals surface area contributed by atoms with Crippen LogP contribution in [-0.2, 0) is 16.0 Å². The fourth-order valence-electron chi connectivity index (χ4n) is 2.54. The third-order valence-corrected chi connectivity index (χ3v) is 4.13. The Balaban J connectivity index is 1.69. The molecule has 0 radical (unpaired) electrons. The third kappa shape index (κ3) is 2.18. The molecule has 2 unspecified atom stereocenters. The van der Waals surface area contributed by atoms with Crippen LogP contribution in [0.15, 0.2) is 24.3 Å². The van der Waals surface area contributed by atoms with Crippen molar-refractivity contribution in [2.75, 3.05) is 0 Å². The van der Waals surface area contributed by atoms with Gasteiger partial charge in [0, 0.05) is 6.42 Å². The first kappa shape index (κ1) is 14.4. The Labute approximate surface area is 127 Å². The average molecular weight is 303 g/mol. The molecule has 2 atom stereocenters. The minimum absolute atomic E-state index is 0.413. The molecule has 0 aliphatic carbocycles. The van der Waals surface area contributed by atoms with Crippen LogP contribution >= 0.6 is 0 Å². The SMILES string of the molecule is CCC1(C)NC(=O)N(NC(=O)C2Cc3ccccc3O2)C1=O. The maximum atomic E-state index is 12.3. The number of nitrogens with one attached hydrogen (secondary N) is 2. The number of carbonyl (C=O) groups is 3. The van der Waals surface area contributed by atoms with Crippen LogP contribution in [-0.4, -0.2) is 34.5 Å². The van der Waals surface area contributed by atoms with Crippen molar-refractivity contribution in [1.29, 1.82) is 0 Å². The molecule has 2 aliphatic heterocycles. The van der Waals surface area contributed by atoms with Gasteiger partial charge in [0.15, 0.2) is 6.10 Å². The molecule has 7 nitrogen and oxygen atoms in total. The van der Waals surface area contributed by atoms with E-state index in [0.717, 1.165) is 10.6 Å². The van der Waals surface area contributed by atoms with E-state index in [1.807, 2.05) is 18.2 Å². The van der Waals surface area contributed by atoms with Crippen molar-refractivity contribution >= 4 is 17.8 Å². The smallest absolute Gasteiger partial charge is 0.344 e. The molecule has 1 aromatic rings. The quantitative estimate of drug-likeness (QED) is 0.806. The number of imide groups is 1. The van der Waals surface area contributed by atoms with Gasteiger partial charge in [0.1, 0.15) is 11.3 Å². The van der Waals surface area contributed by atoms with E-state index >= 15 is 0 Å². The molecular formula is C15H17N3O4. The van der Waals surface area contributed by atoms with Gasteiger partial charge >= 0.3 is 6.03 Å². The maximum Gasteiger partial charge on any atom is 0.344 e. The molecule has 116 valence electrons. The van der Waals surface area contributed by atoms with Crippen molar-refractivity contribution in [3.63, 3.8) is 0 Å². The van der Waals surface area contributed by atoms with E-state index in [1.54, 1.807) is 19.9 Å². The lowest BCUT2D eigenvalue weighted by Crippen LogP contribution is -2.52. The number of rotatable bonds is 3. The van der Waals surface area contributed by atoms with E-state index in [0.29, 0.717) is 18.6 Å². The molecule has 3 rings (SSSR count). The monoisotopic (exact) mass is 303 g/mol. The van der Waals surface area contributed by atoms with Crippen LogP contribution < -0.4 is 15.5 Å². The Kier molecular flexibility index (Phi) is 3.27. The summed E-state index contributed by atoms with van der Waals surface area (Å²) in [5, 5.41) is 3.31. The maximum absolute atomic E-state index is 12.3. The largest absolute Gasteiger partial charge is 0.480 e. The Bertz CT molecular complexity index is 635. The van der Waals surface area contributed by atoms with Crippen molar-refractivity contribution in [2.24, 2.45) is 0 Å². The lowest BCUT2D eigenvalue weighted by atomic mass is 10.00. The van der Waals surface area contributed by atoms with Crippen LogP contribution in [0, 0.1) is 0 Å². The number of urea groups is 1. The number of benzene rings is 1. The van der Waals surface area contributed by atoms with Gasteiger partial charge in [0.2, 0.25) is 0 Å². The number of hydrogen-bond acceptors (Lipinski definition) is 4. The first-order valence-electron chi connectivity index (χ1n) is 7.16. The summed E-state index contributed by atoms with van der Waals surface area (Å²) >= 11 is 0. The minimum atomic E-state index is -0.982. The Hall–Kier alpha value is -2.57. The zero-order valence-corrected chi connectivity index (χ0v) is 12.4. The van der Waals surface area contributed by atoms with Gasteiger partial charge in [-0.05, 0) is 25.0 Å². The zero-order chi connectivity index (χ0) is 15.9. The predicted molar refractivity (Wildman–Crippen MR) is 76.8 cm³/mol. The summed E-state index contributed by atoms with van der Waals surface area (Å²) in [6.45, 7) is 3.42. The van der Waals surface area contributed by atoms with Crippen molar-refractivity contribution in [2.45, 2.75) is 38.3 Å². The van der Waals surface area contributed by atoms with E-state index in [1.165, 1.54) is 0 Å². The number of hydrogen-bond donors (Lipinski definition) is 2. The van der Waals surface area contributed by atoms with Crippen LogP contribution in [0.25, 0.3) is 0 Å². The Morgan fingerprint density at radius 2 is 2.18 bits per heavy atom. The highest BCUT2D eigenvalue weighted by Gasteiger charge is 2.48. The lowest BCUT2D eigenvalue weighted by Gasteiger charge is -2.20. The first-order chi connectivity index (χ1) is 10.4. The van der Waals surface area contributed by atoms with Crippen molar-refractivity contribution in [1.82, 2.24) is 15.8 Å². The summed E-state index contributed by atoms with van der Waals surface area (Å²) in [5.74, 6) is -0.331. The first-order valence-corrected chi connectivity index (χ1v) is 7.16. The van der Waals surface area contributed by atoms with E-state index in [9.17, 15) is 14.4 Å². The highest BCUT2D eigenvalue weighted by Crippen LogP contribution is 2.28. The van der Waals surface area contributed by atoms with Gasteiger partial charge in [0.05, 0.1) is 0 Å². The van der Waals surface area contributed by atoms with Gasteiger partial charge in [-0.1, -0.05) is 25.1 Å². The van der Waals surface area contributed by atoms with Gasteiger partial charge in [-0.2, -0.15) is 5.01 Å². The molecule has 2 N–H and O–H groups in total. The molecule has 0 aromatic heterocycles. The van der Waals surface area contributed by atoms with Crippen LogP contribution in [0.5, 0.6) is 5.75 Å². The summed E-state index contributed by atoms with van der Waals surface area (Å²) < 4.78 is 5.55. The second kappa shape index (κ2) is 5.01. The molecule has 1 aromatic carbocycles. The summed E-state index contributed by atoms with van der Waals surface area (Å²) in [6, 6.07) is 6.73. The highest BCUT2D eigenvalue weighted by molar-refractivity contribution is 6.07. The van der Waals surface area contributed by atoms with Crippen molar-refractivity contribution in [3.05, 3.63) is 29.8 Å². The van der Waals surface area contributed by atoms with Crippen LogP contribution in [0.1, 0.15) is 25.8 Å². The molecular weight excluding hydrogens is 286 g/mol. The fourth-order valence-corrected chi connectivity index (χ4v) is 2.54. The van der Waals surface area contributed by atoms with Crippen molar-refractivity contribution in [3.8, 4) is 5.75 Å². The number of fused-ring (bicyclic) bond motifs is 1. The number of nitrogens with zero attached hydrogens (tertiary/aromatic N) is 1. The van der Waals surface area contributed by atoms with E-state index in [4.69, 9.17) is 4.74 Å². The van der Waals surface area contributed by atoms with Crippen LogP contribution in [0.4, 0.5) is 4.79 Å². The van der Waals surface area contributed by atoms with E-state index < -0.39 is 29.5 Å². The number of amides is 4. The lowest BCUT2D eigenvalue weighted by molar-refractivity contribution is -0.141. The van der Waals surface area contributed by atoms with Crippen molar-refractivity contribution < 1.29 is 19.1 Å². The fraction of sp³-hybridized carbons (Fsp3) is 0.400. The van der Waals surface area contributed by atoms with Gasteiger partial charge < -0.3 is 10.1 Å². The third-order valence-electron chi connectivity index (χ3n) is 4.13. The minimum Gasteiger partial charge on any atom is -0.480 e. The predicted octanol–water partition coefficient (Wildman–Crippen LogP) is 0.742. The molecule has 2 heterocycles. The topological polar surface area (TPSA) is 87.7 Å². The molecule has 2 aliphatic rings. The second-order valence-electron chi connectivity index (χ2n) is 5.65. The van der Waals surface area contributed by atoms with Crippen LogP contribution in [0.3, 0.4) is 0 Å². The molecule has 0 bridgehead atoms. The molecule has 0 spiro atoms. The molecule has 7 heteroatoms. The summed E-state index contributed by atoms with van der Waals surface area (Å²) in [5.41, 5.74) is 2.30. The highest BCUT2D eigenvalue weighted by atomic mass is 16.5. The van der Waals surface area contributed by atoms with E-state index in [2.05, 4.69) is 10.7 Å². The summed E-state index contributed by atoms with van der Waals surface area (Å²) in [6.07, 6.45) is 0.109. The number of para-hydroxylation sites is 1. The molecule has 0 saturated carbocycles. The number of ether oxygens (including phenoxy) is 1. The Morgan fingerprint density at radius 3 is 2.82 bits per heavy atom. The molecule has 1 fully saturated rings. The molecule has 1 saturated heterocycles. The summed E-state index contributed by atoms with van der Waals surface area (Å²) in [4.78, 5) is 36.3. The van der Waals surface area contributed by atoms with Gasteiger partial charge in [-0.15, -0.1) is 0 Å². The molecule has 4 amide bonds. The zero-order valence-electron chi connectivity index (χ0n) is 12.4. The van der Waals surface area contributed by atoms with Crippen LogP contribution in [0.2, 0.25) is 0 Å². The number of hydrazine groups is 1. The standard InChI is InChI=1S/C15H17N3O4/c1-3-15(2)13(20)18(14(21)16-15)17-12(19)11-8-9-6-4-5-7-10(9)22-11/h4-7,11H,3,8H2,1-2H3,(H,16,21)(H,17,19). The van der Waals surface area contributed by atoms with Gasteiger partial charge in [-0.25, -0.2) is 4.79 Å².